The number of phenols is 1. The Morgan fingerprint density at radius 2 is 1.53 bits per heavy atom. The van der Waals surface area contributed by atoms with Crippen molar-refractivity contribution in [3.8, 4) is 5.75 Å². The molecule has 2 aromatic carbocycles. The van der Waals surface area contributed by atoms with Gasteiger partial charge >= 0.3 is 0 Å². The van der Waals surface area contributed by atoms with Crippen molar-refractivity contribution in [3.63, 3.8) is 0 Å². The van der Waals surface area contributed by atoms with E-state index in [1.807, 2.05) is 34.6 Å². The average Bonchev–Trinajstić information content (AvgIpc) is 2.77. The molecule has 0 bridgehead atoms. The van der Waals surface area contributed by atoms with Crippen LogP contribution in [0.2, 0.25) is 0 Å². The van der Waals surface area contributed by atoms with Crippen LogP contribution >= 0.6 is 0 Å². The second kappa shape index (κ2) is 9.42. The van der Waals surface area contributed by atoms with Crippen LogP contribution in [0.1, 0.15) is 46.2 Å². The number of benzene rings is 2. The van der Waals surface area contributed by atoms with Crippen LogP contribution in [-0.4, -0.2) is 43.0 Å². The van der Waals surface area contributed by atoms with E-state index in [2.05, 4.69) is 10.5 Å². The number of aromatic hydroxyl groups is 1. The highest BCUT2D eigenvalue weighted by Crippen LogP contribution is 2.33. The van der Waals surface area contributed by atoms with Gasteiger partial charge in [-0.15, -0.1) is 0 Å². The highest BCUT2D eigenvalue weighted by molar-refractivity contribution is 7.89. The molecule has 1 aliphatic heterocycles. The summed E-state index contributed by atoms with van der Waals surface area (Å²) in [6, 6.07) is 6.70. The molecule has 3 rings (SSSR count). The molecule has 2 N–H and O–H groups in total. The molecular formula is C24H31N3O4S. The van der Waals surface area contributed by atoms with Crippen molar-refractivity contribution in [2.24, 2.45) is 11.0 Å². The van der Waals surface area contributed by atoms with Crippen LogP contribution in [0.5, 0.6) is 5.75 Å². The van der Waals surface area contributed by atoms with Gasteiger partial charge in [-0.1, -0.05) is 12.1 Å². The number of piperidine rings is 1. The summed E-state index contributed by atoms with van der Waals surface area (Å²) in [7, 11) is -3.65. The second-order valence-electron chi connectivity index (χ2n) is 8.43. The fraction of sp³-hybridized carbons (Fsp3) is 0.417. The van der Waals surface area contributed by atoms with Crippen molar-refractivity contribution in [1.82, 2.24) is 9.73 Å². The molecule has 0 unspecified atom stereocenters. The lowest BCUT2D eigenvalue weighted by Crippen LogP contribution is -2.42. The molecule has 1 saturated heterocycles. The molecule has 2 aromatic rings. The Morgan fingerprint density at radius 3 is 2.09 bits per heavy atom. The molecule has 0 aliphatic carbocycles. The van der Waals surface area contributed by atoms with Crippen LogP contribution in [0.4, 0.5) is 0 Å². The van der Waals surface area contributed by atoms with E-state index in [9.17, 15) is 18.3 Å². The molecule has 0 aromatic heterocycles. The van der Waals surface area contributed by atoms with Gasteiger partial charge in [-0.2, -0.15) is 9.41 Å². The summed E-state index contributed by atoms with van der Waals surface area (Å²) >= 11 is 0. The molecule has 7 nitrogen and oxygen atoms in total. The van der Waals surface area contributed by atoms with Gasteiger partial charge in [0.25, 0.3) is 0 Å². The van der Waals surface area contributed by atoms with Gasteiger partial charge in [0.15, 0.2) is 0 Å². The lowest BCUT2D eigenvalue weighted by atomic mass is 9.95. The quantitative estimate of drug-likeness (QED) is 0.530. The number of hydrogen-bond donors (Lipinski definition) is 2. The molecule has 172 valence electrons. The van der Waals surface area contributed by atoms with Crippen molar-refractivity contribution < 1.29 is 18.3 Å². The zero-order valence-corrected chi connectivity index (χ0v) is 20.1. The Kier molecular flexibility index (Phi) is 7.05. The highest BCUT2D eigenvalue weighted by Gasteiger charge is 2.34. The Balaban J connectivity index is 1.68. The molecule has 0 saturated carbocycles. The third-order valence-electron chi connectivity index (χ3n) is 6.67. The third-order valence-corrected chi connectivity index (χ3v) is 8.84. The molecule has 32 heavy (non-hydrogen) atoms. The van der Waals surface area contributed by atoms with Gasteiger partial charge in [0.05, 0.1) is 11.1 Å². The third kappa shape index (κ3) is 4.56. The molecule has 8 heteroatoms. The van der Waals surface area contributed by atoms with Crippen molar-refractivity contribution in [2.75, 3.05) is 13.1 Å². The number of phenolic OH excluding ortho intramolecular Hbond substituents is 1. The summed E-state index contributed by atoms with van der Waals surface area (Å²) in [6.07, 6.45) is 2.25. The molecular weight excluding hydrogens is 426 g/mol. The molecule has 1 fully saturated rings. The van der Waals surface area contributed by atoms with E-state index in [1.54, 1.807) is 24.3 Å². The topological polar surface area (TPSA) is 99.1 Å². The summed E-state index contributed by atoms with van der Waals surface area (Å²) in [5, 5.41) is 13.7. The first-order chi connectivity index (χ1) is 15.1. The Labute approximate surface area is 190 Å². The normalized spacial score (nSPS) is 15.9. The van der Waals surface area contributed by atoms with E-state index in [0.717, 1.165) is 27.8 Å². The van der Waals surface area contributed by atoms with Gasteiger partial charge in [0.2, 0.25) is 15.9 Å². The first-order valence-electron chi connectivity index (χ1n) is 10.7. The van der Waals surface area contributed by atoms with Gasteiger partial charge in [-0.25, -0.2) is 13.8 Å². The van der Waals surface area contributed by atoms with E-state index in [4.69, 9.17) is 0 Å². The van der Waals surface area contributed by atoms with Gasteiger partial charge in [0.1, 0.15) is 5.75 Å². The van der Waals surface area contributed by atoms with Crippen molar-refractivity contribution in [1.29, 1.82) is 0 Å². The minimum absolute atomic E-state index is 0.0798. The Bertz CT molecular complexity index is 1140. The number of carbonyl (C=O) groups is 1. The van der Waals surface area contributed by atoms with Crippen LogP contribution in [0.15, 0.2) is 34.3 Å². The number of nitrogens with zero attached hydrogens (tertiary/aromatic N) is 2. The number of nitrogens with one attached hydrogen (secondary N) is 1. The minimum atomic E-state index is -3.65. The number of hydrogen-bond acceptors (Lipinski definition) is 5. The first-order valence-corrected chi connectivity index (χ1v) is 12.2. The maximum atomic E-state index is 13.5. The fourth-order valence-corrected chi connectivity index (χ4v) is 6.22. The van der Waals surface area contributed by atoms with Crippen molar-refractivity contribution >= 4 is 22.1 Å². The lowest BCUT2D eigenvalue weighted by Gasteiger charge is -2.31. The summed E-state index contributed by atoms with van der Waals surface area (Å²) in [5.74, 6) is -0.481. The van der Waals surface area contributed by atoms with E-state index in [-0.39, 0.29) is 30.7 Å². The molecule has 0 radical (unpaired) electrons. The van der Waals surface area contributed by atoms with Gasteiger partial charge < -0.3 is 5.11 Å². The number of para-hydroxylation sites is 1. The maximum absolute atomic E-state index is 13.5. The van der Waals surface area contributed by atoms with Crippen LogP contribution < -0.4 is 5.43 Å². The maximum Gasteiger partial charge on any atom is 0.243 e. The van der Waals surface area contributed by atoms with Gasteiger partial charge in [-0.05, 0) is 87.4 Å². The molecule has 1 heterocycles. The standard InChI is InChI=1S/C24H31N3O4S/c1-15-16(2)18(4)23(19(5)17(15)3)32(30,31)27-12-10-20(11-13-27)24(29)26-25-14-21-8-6-7-9-22(21)28/h6-9,14,20,28H,10-13H2,1-5H3,(H,26,29)/b25-14-. The fourth-order valence-electron chi connectivity index (χ4n) is 4.19. The first kappa shape index (κ1) is 23.9. The van der Waals surface area contributed by atoms with E-state index in [0.29, 0.717) is 23.3 Å². The molecule has 0 atom stereocenters. The number of sulfonamides is 1. The van der Waals surface area contributed by atoms with Crippen LogP contribution in [0.3, 0.4) is 0 Å². The summed E-state index contributed by atoms with van der Waals surface area (Å²) in [4.78, 5) is 12.9. The monoisotopic (exact) mass is 457 g/mol. The smallest absolute Gasteiger partial charge is 0.243 e. The largest absolute Gasteiger partial charge is 0.507 e. The number of hydrazone groups is 1. The van der Waals surface area contributed by atoms with E-state index in [1.165, 1.54) is 10.5 Å². The van der Waals surface area contributed by atoms with E-state index >= 15 is 0 Å². The number of rotatable bonds is 5. The Hall–Kier alpha value is -2.71. The second-order valence-corrected chi connectivity index (χ2v) is 10.3. The van der Waals surface area contributed by atoms with Gasteiger partial charge in [-0.3, -0.25) is 4.79 Å². The minimum Gasteiger partial charge on any atom is -0.507 e. The predicted octanol–water partition coefficient (Wildman–Crippen LogP) is 3.49. The summed E-state index contributed by atoms with van der Waals surface area (Å²) in [6.45, 7) is 10.2. The average molecular weight is 458 g/mol. The van der Waals surface area contributed by atoms with Crippen molar-refractivity contribution in [3.05, 3.63) is 57.6 Å². The number of carbonyl (C=O) groups excluding carboxylic acids is 1. The predicted molar refractivity (Wildman–Crippen MR) is 125 cm³/mol. The van der Waals surface area contributed by atoms with Crippen LogP contribution in [0.25, 0.3) is 0 Å². The molecule has 1 amide bonds. The zero-order chi connectivity index (χ0) is 23.6. The van der Waals surface area contributed by atoms with Crippen LogP contribution in [0, 0.1) is 40.5 Å². The highest BCUT2D eigenvalue weighted by atomic mass is 32.2. The van der Waals surface area contributed by atoms with Crippen LogP contribution in [-0.2, 0) is 14.8 Å². The van der Waals surface area contributed by atoms with Crippen molar-refractivity contribution in [2.45, 2.75) is 52.4 Å². The molecule has 0 spiro atoms. The molecule has 1 aliphatic rings. The SMILES string of the molecule is Cc1c(C)c(C)c(S(=O)(=O)N2CCC(C(=O)N/N=C\c3ccccc3O)CC2)c(C)c1C. The summed E-state index contributed by atoms with van der Waals surface area (Å²) in [5.41, 5.74) is 7.73. The van der Waals surface area contributed by atoms with E-state index < -0.39 is 10.0 Å². The Morgan fingerprint density at radius 1 is 1.00 bits per heavy atom. The number of amides is 1. The zero-order valence-electron chi connectivity index (χ0n) is 19.3. The van der Waals surface area contributed by atoms with Gasteiger partial charge in [0, 0.05) is 24.6 Å². The summed E-state index contributed by atoms with van der Waals surface area (Å²) < 4.78 is 28.4. The lowest BCUT2D eigenvalue weighted by molar-refractivity contribution is -0.126.